The van der Waals surface area contributed by atoms with Crippen molar-refractivity contribution < 1.29 is 9.90 Å². The first-order valence-corrected chi connectivity index (χ1v) is 6.07. The van der Waals surface area contributed by atoms with Crippen molar-refractivity contribution in [3.63, 3.8) is 0 Å². The molecule has 94 valence electrons. The lowest BCUT2D eigenvalue weighted by atomic mass is 10.1. The van der Waals surface area contributed by atoms with Gasteiger partial charge < -0.3 is 10.4 Å². The van der Waals surface area contributed by atoms with E-state index in [1.807, 2.05) is 38.1 Å². The molecule has 1 amide bonds. The van der Waals surface area contributed by atoms with Crippen LogP contribution in [-0.2, 0) is 17.8 Å². The van der Waals surface area contributed by atoms with Gasteiger partial charge in [-0.3, -0.25) is 4.79 Å². The average molecular weight is 235 g/mol. The second-order valence-electron chi connectivity index (χ2n) is 4.62. The number of carbonyl (C=O) groups is 1. The number of benzene rings is 1. The molecule has 0 aromatic heterocycles. The molecule has 1 aromatic rings. The summed E-state index contributed by atoms with van der Waals surface area (Å²) >= 11 is 0. The molecule has 0 fully saturated rings. The molecule has 0 saturated heterocycles. The Morgan fingerprint density at radius 2 is 1.94 bits per heavy atom. The molecular weight excluding hydrogens is 214 g/mol. The highest BCUT2D eigenvalue weighted by Crippen LogP contribution is 2.08. The molecular formula is C14H21NO2. The van der Waals surface area contributed by atoms with Crippen LogP contribution in [0.5, 0.6) is 0 Å². The van der Waals surface area contributed by atoms with Gasteiger partial charge in [-0.05, 0) is 23.5 Å². The minimum atomic E-state index is 0.0517. The molecule has 1 rings (SSSR count). The molecule has 0 radical (unpaired) electrons. The summed E-state index contributed by atoms with van der Waals surface area (Å²) in [5.41, 5.74) is 2.03. The van der Waals surface area contributed by atoms with Gasteiger partial charge in [-0.2, -0.15) is 0 Å². The first kappa shape index (κ1) is 13.7. The third-order valence-electron chi connectivity index (χ3n) is 2.60. The van der Waals surface area contributed by atoms with Gasteiger partial charge in [0.25, 0.3) is 0 Å². The number of aliphatic hydroxyl groups is 1. The molecule has 17 heavy (non-hydrogen) atoms. The maximum absolute atomic E-state index is 11.4. The lowest BCUT2D eigenvalue weighted by molar-refractivity contribution is -0.121. The van der Waals surface area contributed by atoms with Gasteiger partial charge >= 0.3 is 0 Å². The Morgan fingerprint density at radius 3 is 2.53 bits per heavy atom. The van der Waals surface area contributed by atoms with Gasteiger partial charge in [0, 0.05) is 13.0 Å². The van der Waals surface area contributed by atoms with Crippen molar-refractivity contribution in [1.29, 1.82) is 0 Å². The third kappa shape index (κ3) is 5.00. The molecule has 0 saturated carbocycles. The zero-order valence-corrected chi connectivity index (χ0v) is 10.6. The summed E-state index contributed by atoms with van der Waals surface area (Å²) in [7, 11) is 0. The number of hydrogen-bond donors (Lipinski definition) is 2. The normalized spacial score (nSPS) is 10.6. The third-order valence-corrected chi connectivity index (χ3v) is 2.60. The molecule has 0 bridgehead atoms. The molecule has 2 N–H and O–H groups in total. The lowest BCUT2D eigenvalue weighted by Crippen LogP contribution is -2.26. The van der Waals surface area contributed by atoms with Crippen molar-refractivity contribution in [2.75, 3.05) is 6.54 Å². The molecule has 3 nitrogen and oxygen atoms in total. The van der Waals surface area contributed by atoms with Crippen molar-refractivity contribution in [1.82, 2.24) is 5.32 Å². The van der Waals surface area contributed by atoms with Crippen LogP contribution in [-0.4, -0.2) is 17.6 Å². The number of amides is 1. The van der Waals surface area contributed by atoms with Crippen LogP contribution in [0.25, 0.3) is 0 Å². The summed E-state index contributed by atoms with van der Waals surface area (Å²) < 4.78 is 0. The van der Waals surface area contributed by atoms with E-state index in [2.05, 4.69) is 5.32 Å². The quantitative estimate of drug-likeness (QED) is 0.791. The van der Waals surface area contributed by atoms with Gasteiger partial charge in [0.05, 0.1) is 6.61 Å². The van der Waals surface area contributed by atoms with Crippen LogP contribution in [0, 0.1) is 5.92 Å². The molecule has 0 aliphatic heterocycles. The van der Waals surface area contributed by atoms with Crippen LogP contribution >= 0.6 is 0 Å². The molecule has 0 aliphatic rings. The van der Waals surface area contributed by atoms with E-state index in [0.29, 0.717) is 18.9 Å². The van der Waals surface area contributed by atoms with Crippen LogP contribution in [0.4, 0.5) is 0 Å². The highest BCUT2D eigenvalue weighted by Gasteiger charge is 2.05. The molecule has 1 aromatic carbocycles. The maximum atomic E-state index is 11.4. The van der Waals surface area contributed by atoms with Crippen molar-refractivity contribution in [3.8, 4) is 0 Å². The van der Waals surface area contributed by atoms with Crippen molar-refractivity contribution in [2.24, 2.45) is 5.92 Å². The van der Waals surface area contributed by atoms with E-state index in [-0.39, 0.29) is 12.5 Å². The smallest absolute Gasteiger partial charge is 0.220 e. The number of nitrogens with one attached hydrogen (secondary N) is 1. The molecule has 0 heterocycles. The van der Waals surface area contributed by atoms with Crippen LogP contribution in [0.15, 0.2) is 24.3 Å². The Bertz CT molecular complexity index is 361. The summed E-state index contributed by atoms with van der Waals surface area (Å²) in [6, 6.07) is 7.75. The van der Waals surface area contributed by atoms with Crippen molar-refractivity contribution >= 4 is 5.91 Å². The summed E-state index contributed by atoms with van der Waals surface area (Å²) in [5.74, 6) is 0.487. The Balaban J connectivity index is 2.38. The van der Waals surface area contributed by atoms with E-state index >= 15 is 0 Å². The van der Waals surface area contributed by atoms with Gasteiger partial charge in [0.15, 0.2) is 0 Å². The zero-order chi connectivity index (χ0) is 12.7. The number of aliphatic hydroxyl groups excluding tert-OH is 1. The van der Waals surface area contributed by atoms with Gasteiger partial charge in [0.1, 0.15) is 0 Å². The second-order valence-corrected chi connectivity index (χ2v) is 4.62. The summed E-state index contributed by atoms with van der Waals surface area (Å²) in [6.45, 7) is 4.74. The lowest BCUT2D eigenvalue weighted by Gasteiger charge is -2.09. The minimum Gasteiger partial charge on any atom is -0.392 e. The fraction of sp³-hybridized carbons (Fsp3) is 0.500. The Hall–Kier alpha value is -1.35. The SMILES string of the molecule is CC(C)CC(=O)NCCc1ccccc1CO. The predicted molar refractivity (Wildman–Crippen MR) is 68.5 cm³/mol. The predicted octanol–water partition coefficient (Wildman–Crippen LogP) is 1.88. The van der Waals surface area contributed by atoms with Crippen LogP contribution in [0.2, 0.25) is 0 Å². The summed E-state index contributed by atoms with van der Waals surface area (Å²) in [4.78, 5) is 11.4. The molecule has 0 spiro atoms. The molecule has 0 unspecified atom stereocenters. The van der Waals surface area contributed by atoms with Crippen molar-refractivity contribution in [3.05, 3.63) is 35.4 Å². The fourth-order valence-electron chi connectivity index (χ4n) is 1.74. The highest BCUT2D eigenvalue weighted by molar-refractivity contribution is 5.76. The van der Waals surface area contributed by atoms with Gasteiger partial charge in [-0.1, -0.05) is 38.1 Å². The average Bonchev–Trinajstić information content (AvgIpc) is 2.28. The van der Waals surface area contributed by atoms with Gasteiger partial charge in [-0.25, -0.2) is 0 Å². The Kier molecular flexibility index (Phi) is 5.70. The van der Waals surface area contributed by atoms with Crippen LogP contribution in [0.1, 0.15) is 31.4 Å². The maximum Gasteiger partial charge on any atom is 0.220 e. The first-order chi connectivity index (χ1) is 8.13. The minimum absolute atomic E-state index is 0.0517. The van der Waals surface area contributed by atoms with E-state index < -0.39 is 0 Å². The number of carbonyl (C=O) groups excluding carboxylic acids is 1. The van der Waals surface area contributed by atoms with E-state index in [9.17, 15) is 4.79 Å². The number of hydrogen-bond acceptors (Lipinski definition) is 2. The fourth-order valence-corrected chi connectivity index (χ4v) is 1.74. The van der Waals surface area contributed by atoms with Crippen molar-refractivity contribution in [2.45, 2.75) is 33.3 Å². The monoisotopic (exact) mass is 235 g/mol. The van der Waals surface area contributed by atoms with E-state index in [0.717, 1.165) is 17.5 Å². The molecule has 0 aliphatic carbocycles. The Labute approximate surface area is 103 Å². The largest absolute Gasteiger partial charge is 0.392 e. The van der Waals surface area contributed by atoms with E-state index in [1.165, 1.54) is 0 Å². The molecule has 0 atom stereocenters. The second kappa shape index (κ2) is 7.07. The van der Waals surface area contributed by atoms with E-state index in [4.69, 9.17) is 5.11 Å². The van der Waals surface area contributed by atoms with E-state index in [1.54, 1.807) is 0 Å². The summed E-state index contributed by atoms with van der Waals surface area (Å²) in [5, 5.41) is 12.1. The molecule has 3 heteroatoms. The summed E-state index contributed by atoms with van der Waals surface area (Å²) in [6.07, 6.45) is 1.34. The van der Waals surface area contributed by atoms with Gasteiger partial charge in [-0.15, -0.1) is 0 Å². The van der Waals surface area contributed by atoms with Crippen LogP contribution < -0.4 is 5.32 Å². The Morgan fingerprint density at radius 1 is 1.29 bits per heavy atom. The first-order valence-electron chi connectivity index (χ1n) is 6.07. The highest BCUT2D eigenvalue weighted by atomic mass is 16.3. The number of rotatable bonds is 6. The zero-order valence-electron chi connectivity index (χ0n) is 10.6. The van der Waals surface area contributed by atoms with Gasteiger partial charge in [0.2, 0.25) is 5.91 Å². The topological polar surface area (TPSA) is 49.3 Å². The van der Waals surface area contributed by atoms with Crippen LogP contribution in [0.3, 0.4) is 0 Å². The standard InChI is InChI=1S/C14H21NO2/c1-11(2)9-14(17)15-8-7-12-5-3-4-6-13(12)10-16/h3-6,11,16H,7-10H2,1-2H3,(H,15,17).